The molecule has 0 bridgehead atoms. The number of aliphatic hydroxyl groups is 1. The number of aryl methyl sites for hydroxylation is 1. The van der Waals surface area contributed by atoms with E-state index >= 15 is 0 Å². The third kappa shape index (κ3) is 2.80. The number of nitrogens with one attached hydrogen (secondary N) is 2. The van der Waals surface area contributed by atoms with Gasteiger partial charge in [-0.15, -0.1) is 0 Å². The van der Waals surface area contributed by atoms with E-state index in [2.05, 4.69) is 15.6 Å². The van der Waals surface area contributed by atoms with Gasteiger partial charge in [-0.2, -0.15) is 0 Å². The van der Waals surface area contributed by atoms with Crippen molar-refractivity contribution < 1.29 is 5.11 Å². The lowest BCUT2D eigenvalue weighted by Gasteiger charge is -2.18. The lowest BCUT2D eigenvalue weighted by atomic mass is 10.1. The number of hydrogen-bond donors (Lipinski definition) is 4. The number of benzene rings is 1. The van der Waals surface area contributed by atoms with Gasteiger partial charge in [-0.1, -0.05) is 0 Å². The second-order valence-corrected chi connectivity index (χ2v) is 5.57. The zero-order chi connectivity index (χ0) is 14.9. The Bertz CT molecular complexity index is 612. The minimum Gasteiger partial charge on any atom is -0.390 e. The molecule has 0 saturated carbocycles. The lowest BCUT2D eigenvalue weighted by molar-refractivity contribution is 0.0667. The first-order valence-electron chi connectivity index (χ1n) is 6.73. The topological polar surface area (TPSA) is 88.1 Å². The number of aromatic nitrogens is 2. The van der Waals surface area contributed by atoms with Crippen LogP contribution in [-0.4, -0.2) is 34.4 Å². The first-order chi connectivity index (χ1) is 9.35. The fraction of sp³-hybridized carbons (Fsp3) is 0.500. The summed E-state index contributed by atoms with van der Waals surface area (Å²) in [5.74, 6) is 0.472. The summed E-state index contributed by atoms with van der Waals surface area (Å²) in [5.41, 5.74) is 9.06. The van der Waals surface area contributed by atoms with Crippen LogP contribution in [0.1, 0.15) is 20.3 Å². The van der Waals surface area contributed by atoms with Crippen molar-refractivity contribution in [3.8, 4) is 0 Å². The molecule has 6 heteroatoms. The summed E-state index contributed by atoms with van der Waals surface area (Å²) in [6, 6.07) is 3.99. The molecule has 1 aromatic carbocycles. The molecule has 0 radical (unpaired) electrons. The Kier molecular flexibility index (Phi) is 3.76. The maximum absolute atomic E-state index is 9.87. The number of imidazole rings is 1. The van der Waals surface area contributed by atoms with E-state index in [9.17, 15) is 5.11 Å². The minimum absolute atomic E-state index is 0.472. The second kappa shape index (κ2) is 5.20. The zero-order valence-corrected chi connectivity index (χ0v) is 12.5. The maximum Gasteiger partial charge on any atom is 0.201 e. The Balaban J connectivity index is 2.47. The average molecular weight is 277 g/mol. The molecule has 0 aliphatic carbocycles. The summed E-state index contributed by atoms with van der Waals surface area (Å²) in [7, 11) is 3.75. The number of nitrogen functional groups attached to an aromatic ring is 1. The number of hydrogen-bond acceptors (Lipinski definition) is 5. The van der Waals surface area contributed by atoms with E-state index in [0.717, 1.165) is 22.4 Å². The van der Waals surface area contributed by atoms with Gasteiger partial charge in [-0.05, 0) is 32.4 Å². The van der Waals surface area contributed by atoms with Crippen LogP contribution in [-0.2, 0) is 6.54 Å². The van der Waals surface area contributed by atoms with Gasteiger partial charge in [-0.25, -0.2) is 4.98 Å². The number of anilines is 3. The molecule has 0 spiro atoms. The highest BCUT2D eigenvalue weighted by molar-refractivity contribution is 5.89. The Morgan fingerprint density at radius 1 is 1.25 bits per heavy atom. The molecule has 0 saturated heterocycles. The minimum atomic E-state index is -0.722. The first-order valence-corrected chi connectivity index (χ1v) is 6.73. The van der Waals surface area contributed by atoms with Gasteiger partial charge in [-0.3, -0.25) is 0 Å². The maximum atomic E-state index is 9.87. The summed E-state index contributed by atoms with van der Waals surface area (Å²) in [5, 5.41) is 16.2. The molecule has 1 aromatic heterocycles. The Morgan fingerprint density at radius 2 is 1.85 bits per heavy atom. The van der Waals surface area contributed by atoms with Crippen molar-refractivity contribution in [1.29, 1.82) is 0 Å². The molecule has 2 aromatic rings. The molecule has 5 N–H and O–H groups in total. The molecule has 0 aliphatic heterocycles. The van der Waals surface area contributed by atoms with Crippen molar-refractivity contribution >= 4 is 28.4 Å². The molecule has 2 rings (SSSR count). The molecule has 6 nitrogen and oxygen atoms in total. The molecule has 1 heterocycles. The van der Waals surface area contributed by atoms with E-state index in [4.69, 9.17) is 5.73 Å². The monoisotopic (exact) mass is 277 g/mol. The zero-order valence-electron chi connectivity index (χ0n) is 12.5. The third-order valence-electron chi connectivity index (χ3n) is 3.40. The van der Waals surface area contributed by atoms with Gasteiger partial charge >= 0.3 is 0 Å². The van der Waals surface area contributed by atoms with E-state index in [-0.39, 0.29) is 0 Å². The van der Waals surface area contributed by atoms with E-state index in [1.807, 2.05) is 30.8 Å². The highest BCUT2D eigenvalue weighted by Gasteiger charge is 2.16. The number of nitrogens with zero attached hydrogens (tertiary/aromatic N) is 2. The van der Waals surface area contributed by atoms with Gasteiger partial charge in [0.15, 0.2) is 0 Å². The number of nitrogens with two attached hydrogens (primary N) is 1. The number of rotatable bonds is 5. The molecular formula is C14H23N5O. The summed E-state index contributed by atoms with van der Waals surface area (Å²) in [6.45, 7) is 4.22. The van der Waals surface area contributed by atoms with Crippen molar-refractivity contribution in [1.82, 2.24) is 9.55 Å². The molecule has 0 aliphatic rings. The van der Waals surface area contributed by atoms with Gasteiger partial charge in [0.2, 0.25) is 5.95 Å². The van der Waals surface area contributed by atoms with Gasteiger partial charge in [0, 0.05) is 20.6 Å². The Hall–Kier alpha value is -1.95. The van der Waals surface area contributed by atoms with Crippen LogP contribution in [0.5, 0.6) is 0 Å². The van der Waals surface area contributed by atoms with Gasteiger partial charge in [0.25, 0.3) is 0 Å². The fourth-order valence-corrected chi connectivity index (χ4v) is 2.22. The largest absolute Gasteiger partial charge is 0.390 e. The van der Waals surface area contributed by atoms with Gasteiger partial charge in [0.05, 0.1) is 28.0 Å². The van der Waals surface area contributed by atoms with Crippen LogP contribution in [0.3, 0.4) is 0 Å². The quantitative estimate of drug-likeness (QED) is 0.670. The van der Waals surface area contributed by atoms with Crippen molar-refractivity contribution in [2.45, 2.75) is 32.4 Å². The average Bonchev–Trinajstić information content (AvgIpc) is 2.68. The van der Waals surface area contributed by atoms with Crippen LogP contribution in [0.15, 0.2) is 12.1 Å². The third-order valence-corrected chi connectivity index (χ3v) is 3.40. The van der Waals surface area contributed by atoms with E-state index < -0.39 is 5.60 Å². The predicted molar refractivity (Wildman–Crippen MR) is 84.2 cm³/mol. The first kappa shape index (κ1) is 14.5. The lowest BCUT2D eigenvalue weighted by Crippen LogP contribution is -2.21. The Morgan fingerprint density at radius 3 is 2.40 bits per heavy atom. The Labute approximate surface area is 119 Å². The molecule has 110 valence electrons. The molecule has 0 fully saturated rings. The molecular weight excluding hydrogens is 254 g/mol. The predicted octanol–water partition coefficient (Wildman–Crippen LogP) is 1.86. The van der Waals surface area contributed by atoms with Crippen LogP contribution in [0.25, 0.3) is 11.0 Å². The summed E-state index contributed by atoms with van der Waals surface area (Å²) in [4.78, 5) is 4.39. The van der Waals surface area contributed by atoms with Gasteiger partial charge in [0.1, 0.15) is 0 Å². The summed E-state index contributed by atoms with van der Waals surface area (Å²) in [6.07, 6.45) is 0.616. The van der Waals surface area contributed by atoms with E-state index in [1.165, 1.54) is 0 Å². The molecule has 0 atom stereocenters. The molecule has 0 unspecified atom stereocenters. The van der Waals surface area contributed by atoms with Crippen molar-refractivity contribution in [3.05, 3.63) is 12.1 Å². The highest BCUT2D eigenvalue weighted by atomic mass is 16.3. The van der Waals surface area contributed by atoms with Crippen LogP contribution in [0.4, 0.5) is 17.3 Å². The van der Waals surface area contributed by atoms with Crippen LogP contribution in [0, 0.1) is 0 Å². The summed E-state index contributed by atoms with van der Waals surface area (Å²) < 4.78 is 1.94. The van der Waals surface area contributed by atoms with E-state index in [1.54, 1.807) is 13.8 Å². The summed E-state index contributed by atoms with van der Waals surface area (Å²) >= 11 is 0. The molecule has 0 amide bonds. The van der Waals surface area contributed by atoms with Gasteiger partial charge < -0.3 is 26.0 Å². The molecule has 20 heavy (non-hydrogen) atoms. The normalized spacial score (nSPS) is 11.8. The van der Waals surface area contributed by atoms with Crippen molar-refractivity contribution in [3.63, 3.8) is 0 Å². The number of fused-ring (bicyclic) bond motifs is 1. The van der Waals surface area contributed by atoms with E-state index in [0.29, 0.717) is 18.9 Å². The second-order valence-electron chi connectivity index (χ2n) is 5.57. The van der Waals surface area contributed by atoms with Crippen molar-refractivity contribution in [2.75, 3.05) is 30.5 Å². The van der Waals surface area contributed by atoms with Crippen LogP contribution in [0.2, 0.25) is 0 Å². The van der Waals surface area contributed by atoms with Crippen LogP contribution < -0.4 is 16.4 Å². The highest BCUT2D eigenvalue weighted by Crippen LogP contribution is 2.29. The standard InChI is InChI=1S/C14H23N5O/c1-14(2,20)5-6-19-12-8-10(17-4)9(16-3)7-11(12)18-13(19)15/h7-8,16-17,20H,5-6H2,1-4H3,(H2,15,18). The van der Waals surface area contributed by atoms with Crippen LogP contribution >= 0.6 is 0 Å². The smallest absolute Gasteiger partial charge is 0.201 e. The fourth-order valence-electron chi connectivity index (χ4n) is 2.22. The SMILES string of the molecule is CNc1cc2nc(N)n(CCC(C)(C)O)c2cc1NC. The van der Waals surface area contributed by atoms with Crippen molar-refractivity contribution in [2.24, 2.45) is 0 Å².